The Bertz CT molecular complexity index is 1150. The van der Waals surface area contributed by atoms with Crippen LogP contribution in [-0.2, 0) is 14.8 Å². The second-order valence-corrected chi connectivity index (χ2v) is 11.1. The zero-order valence-corrected chi connectivity index (χ0v) is 20.2. The Hall–Kier alpha value is -2.58. The van der Waals surface area contributed by atoms with E-state index >= 15 is 0 Å². The lowest BCUT2D eigenvalue weighted by atomic mass is 10.1. The van der Waals surface area contributed by atoms with Crippen molar-refractivity contribution in [3.8, 4) is 5.75 Å². The molecular weight excluding hydrogens is 426 g/mol. The third kappa shape index (κ3) is 4.09. The van der Waals surface area contributed by atoms with Crippen molar-refractivity contribution in [1.29, 1.82) is 0 Å². The highest BCUT2D eigenvalue weighted by Gasteiger charge is 2.36. The zero-order valence-electron chi connectivity index (χ0n) is 19.4. The van der Waals surface area contributed by atoms with Crippen molar-refractivity contribution in [3.63, 3.8) is 0 Å². The molecule has 1 amide bonds. The van der Waals surface area contributed by atoms with E-state index in [0.717, 1.165) is 5.69 Å². The number of anilines is 2. The van der Waals surface area contributed by atoms with Crippen molar-refractivity contribution in [2.45, 2.75) is 45.1 Å². The van der Waals surface area contributed by atoms with Crippen LogP contribution in [0.2, 0.25) is 0 Å². The van der Waals surface area contributed by atoms with E-state index in [0.29, 0.717) is 44.2 Å². The molecule has 0 unspecified atom stereocenters. The minimum atomic E-state index is -3.68. The predicted octanol–water partition coefficient (Wildman–Crippen LogP) is 3.34. The molecule has 2 heterocycles. The number of carbonyl (C=O) groups is 1. The van der Waals surface area contributed by atoms with Gasteiger partial charge in [0.05, 0.1) is 17.1 Å². The number of piperazine rings is 1. The first-order valence-electron chi connectivity index (χ1n) is 10.9. The van der Waals surface area contributed by atoms with Crippen molar-refractivity contribution in [3.05, 3.63) is 47.5 Å². The van der Waals surface area contributed by atoms with Crippen molar-refractivity contribution in [2.24, 2.45) is 0 Å². The van der Waals surface area contributed by atoms with E-state index in [9.17, 15) is 13.2 Å². The first-order chi connectivity index (χ1) is 15.0. The molecule has 0 aliphatic carbocycles. The van der Waals surface area contributed by atoms with Gasteiger partial charge in [-0.2, -0.15) is 4.31 Å². The average Bonchev–Trinajstić information content (AvgIpc) is 2.74. The van der Waals surface area contributed by atoms with Crippen molar-refractivity contribution in [1.82, 2.24) is 4.31 Å². The van der Waals surface area contributed by atoms with Crippen LogP contribution in [0.5, 0.6) is 5.75 Å². The summed E-state index contributed by atoms with van der Waals surface area (Å²) >= 11 is 0. The molecule has 1 saturated heterocycles. The number of nitrogens with zero attached hydrogens (tertiary/aromatic N) is 3. The molecule has 2 aromatic carbocycles. The van der Waals surface area contributed by atoms with Crippen LogP contribution >= 0.6 is 0 Å². The second kappa shape index (κ2) is 8.08. The van der Waals surface area contributed by atoms with E-state index in [4.69, 9.17) is 4.74 Å². The lowest BCUT2D eigenvalue weighted by Gasteiger charge is -2.40. The third-order valence-corrected chi connectivity index (χ3v) is 8.21. The fourth-order valence-electron chi connectivity index (χ4n) is 4.43. The summed E-state index contributed by atoms with van der Waals surface area (Å²) in [6.07, 6.45) is 0. The number of hydrogen-bond donors (Lipinski definition) is 0. The van der Waals surface area contributed by atoms with Crippen molar-refractivity contribution in [2.75, 3.05) is 42.5 Å². The normalized spacial score (nSPS) is 18.8. The van der Waals surface area contributed by atoms with Gasteiger partial charge in [0.1, 0.15) is 11.4 Å². The first-order valence-corrected chi connectivity index (χ1v) is 12.4. The van der Waals surface area contributed by atoms with Crippen LogP contribution in [0, 0.1) is 13.8 Å². The molecule has 32 heavy (non-hydrogen) atoms. The van der Waals surface area contributed by atoms with Gasteiger partial charge in [-0.15, -0.1) is 0 Å². The summed E-state index contributed by atoms with van der Waals surface area (Å²) in [4.78, 5) is 16.3. The molecule has 2 aliphatic heterocycles. The van der Waals surface area contributed by atoms with E-state index in [-0.39, 0.29) is 10.8 Å². The van der Waals surface area contributed by atoms with Gasteiger partial charge < -0.3 is 14.5 Å². The number of rotatable bonds is 3. The Kier molecular flexibility index (Phi) is 5.71. The number of sulfonamides is 1. The summed E-state index contributed by atoms with van der Waals surface area (Å²) in [6, 6.07) is 11.0. The SMILES string of the molecule is CC(=O)N1CC(C)(C)Oc2ccc(S(=O)(=O)N3CCN(c4cccc(C)c4C)CC3)cc21. The van der Waals surface area contributed by atoms with E-state index in [1.165, 1.54) is 22.4 Å². The maximum absolute atomic E-state index is 13.4. The fraction of sp³-hybridized carbons (Fsp3) is 0.458. The number of aryl methyl sites for hydroxylation is 1. The van der Waals surface area contributed by atoms with Crippen molar-refractivity contribution >= 4 is 27.3 Å². The Balaban J connectivity index is 1.57. The highest BCUT2D eigenvalue weighted by atomic mass is 32.2. The van der Waals surface area contributed by atoms with Crippen LogP contribution < -0.4 is 14.5 Å². The van der Waals surface area contributed by atoms with Gasteiger partial charge in [0, 0.05) is 38.8 Å². The molecule has 2 aliphatic rings. The molecule has 0 aromatic heterocycles. The summed E-state index contributed by atoms with van der Waals surface area (Å²) in [6.45, 7) is 11.9. The number of amides is 1. The standard InChI is InChI=1S/C24H31N3O4S/c1-17-7-6-8-21(18(17)2)25-11-13-26(14-12-25)32(29,30)20-9-10-23-22(15-20)27(19(3)28)16-24(4,5)31-23/h6-10,15H,11-14,16H2,1-5H3. The largest absolute Gasteiger partial charge is 0.484 e. The van der Waals surface area contributed by atoms with Crippen LogP contribution in [0.4, 0.5) is 11.4 Å². The molecule has 172 valence electrons. The molecule has 0 radical (unpaired) electrons. The van der Waals surface area contributed by atoms with E-state index in [1.807, 2.05) is 19.9 Å². The molecule has 0 saturated carbocycles. The Morgan fingerprint density at radius 1 is 1.00 bits per heavy atom. The topological polar surface area (TPSA) is 70.2 Å². The minimum Gasteiger partial charge on any atom is -0.484 e. The van der Waals surface area contributed by atoms with Gasteiger partial charge in [-0.1, -0.05) is 12.1 Å². The van der Waals surface area contributed by atoms with E-state index in [1.54, 1.807) is 23.1 Å². The lowest BCUT2D eigenvalue weighted by molar-refractivity contribution is -0.117. The number of fused-ring (bicyclic) bond motifs is 1. The van der Waals surface area contributed by atoms with Crippen LogP contribution in [0.15, 0.2) is 41.3 Å². The average molecular weight is 458 g/mol. The molecule has 8 heteroatoms. The van der Waals surface area contributed by atoms with E-state index < -0.39 is 15.6 Å². The van der Waals surface area contributed by atoms with Gasteiger partial charge in [0.15, 0.2) is 0 Å². The Morgan fingerprint density at radius 2 is 1.69 bits per heavy atom. The van der Waals surface area contributed by atoms with Crippen LogP contribution in [0.3, 0.4) is 0 Å². The minimum absolute atomic E-state index is 0.140. The van der Waals surface area contributed by atoms with Crippen LogP contribution in [0.1, 0.15) is 31.9 Å². The highest BCUT2D eigenvalue weighted by molar-refractivity contribution is 7.89. The maximum atomic E-state index is 13.4. The van der Waals surface area contributed by atoms with Crippen molar-refractivity contribution < 1.29 is 17.9 Å². The second-order valence-electron chi connectivity index (χ2n) is 9.21. The van der Waals surface area contributed by atoms with Crippen LogP contribution in [-0.4, -0.2) is 57.0 Å². The summed E-state index contributed by atoms with van der Waals surface area (Å²) in [5.74, 6) is 0.384. The summed E-state index contributed by atoms with van der Waals surface area (Å²) in [5, 5.41) is 0. The molecule has 4 rings (SSSR count). The molecular formula is C24H31N3O4S. The Morgan fingerprint density at radius 3 is 2.34 bits per heavy atom. The number of benzene rings is 2. The van der Waals surface area contributed by atoms with Gasteiger partial charge in [0.2, 0.25) is 15.9 Å². The molecule has 7 nitrogen and oxygen atoms in total. The van der Waals surface area contributed by atoms with Crippen LogP contribution in [0.25, 0.3) is 0 Å². The first kappa shape index (κ1) is 22.6. The number of ether oxygens (including phenoxy) is 1. The maximum Gasteiger partial charge on any atom is 0.243 e. The van der Waals surface area contributed by atoms with Gasteiger partial charge in [0.25, 0.3) is 0 Å². The zero-order chi connectivity index (χ0) is 23.3. The van der Waals surface area contributed by atoms with Gasteiger partial charge in [-0.3, -0.25) is 4.79 Å². The molecule has 0 atom stereocenters. The Labute approximate surface area is 190 Å². The molecule has 2 aromatic rings. The lowest BCUT2D eigenvalue weighted by Crippen LogP contribution is -2.49. The predicted molar refractivity (Wildman–Crippen MR) is 126 cm³/mol. The number of hydrogen-bond acceptors (Lipinski definition) is 5. The summed E-state index contributed by atoms with van der Waals surface area (Å²) in [7, 11) is -3.68. The molecule has 0 N–H and O–H groups in total. The fourth-order valence-corrected chi connectivity index (χ4v) is 5.87. The summed E-state index contributed by atoms with van der Waals surface area (Å²) < 4.78 is 34.3. The third-order valence-electron chi connectivity index (χ3n) is 6.32. The van der Waals surface area contributed by atoms with Gasteiger partial charge >= 0.3 is 0 Å². The van der Waals surface area contributed by atoms with E-state index in [2.05, 4.69) is 30.9 Å². The monoisotopic (exact) mass is 457 g/mol. The molecule has 1 fully saturated rings. The quantitative estimate of drug-likeness (QED) is 0.707. The molecule has 0 spiro atoms. The number of carbonyl (C=O) groups excluding carboxylic acids is 1. The van der Waals surface area contributed by atoms with Gasteiger partial charge in [-0.05, 0) is 63.1 Å². The molecule has 0 bridgehead atoms. The summed E-state index contributed by atoms with van der Waals surface area (Å²) in [5.41, 5.74) is 3.58. The smallest absolute Gasteiger partial charge is 0.243 e. The highest BCUT2D eigenvalue weighted by Crippen LogP contribution is 2.39. The van der Waals surface area contributed by atoms with Gasteiger partial charge in [-0.25, -0.2) is 8.42 Å².